The molecule has 0 aliphatic heterocycles. The van der Waals surface area contributed by atoms with E-state index in [1.165, 1.54) is 5.56 Å². The van der Waals surface area contributed by atoms with Crippen LogP contribution in [-0.4, -0.2) is 12.0 Å². The van der Waals surface area contributed by atoms with Crippen molar-refractivity contribution in [3.05, 3.63) is 64.7 Å². The van der Waals surface area contributed by atoms with E-state index >= 15 is 0 Å². The third kappa shape index (κ3) is 5.00. The Morgan fingerprint density at radius 3 is 2.46 bits per heavy atom. The van der Waals surface area contributed by atoms with Gasteiger partial charge in [-0.15, -0.1) is 0 Å². The third-order valence-corrected chi connectivity index (χ3v) is 4.22. The summed E-state index contributed by atoms with van der Waals surface area (Å²) in [7, 11) is 0. The fraction of sp³-hybridized carbons (Fsp3) is 0.350. The minimum absolute atomic E-state index is 0.0691. The highest BCUT2D eigenvalue weighted by Gasteiger charge is 2.20. The molecule has 1 amide bonds. The van der Waals surface area contributed by atoms with Crippen molar-refractivity contribution in [2.45, 2.75) is 45.8 Å². The first-order valence-electron chi connectivity index (χ1n) is 8.35. The smallest absolute Gasteiger partial charge is 0.261 e. The van der Waals surface area contributed by atoms with Gasteiger partial charge in [0.1, 0.15) is 5.75 Å². The maximum Gasteiger partial charge on any atom is 0.261 e. The standard InChI is InChI=1S/C20H24ClNO2/c1-4-15-9-11-16(12-10-15)14(3)22-20(23)19(5-2)24-18-8-6-7-17(21)13-18/h6-14,19H,4-5H2,1-3H3,(H,22,23)/t14-,19-/m1/s1. The van der Waals surface area contributed by atoms with Gasteiger partial charge in [0.2, 0.25) is 0 Å². The number of nitrogens with one attached hydrogen (secondary N) is 1. The van der Waals surface area contributed by atoms with Crippen LogP contribution in [0.15, 0.2) is 48.5 Å². The fourth-order valence-electron chi connectivity index (χ4n) is 2.46. The molecule has 0 aromatic heterocycles. The van der Waals surface area contributed by atoms with E-state index in [9.17, 15) is 4.79 Å². The molecule has 3 nitrogen and oxygen atoms in total. The Labute approximate surface area is 149 Å². The van der Waals surface area contributed by atoms with Crippen LogP contribution in [0.2, 0.25) is 5.02 Å². The summed E-state index contributed by atoms with van der Waals surface area (Å²) >= 11 is 5.96. The Kier molecular flexibility index (Phi) is 6.68. The number of benzene rings is 2. The molecular weight excluding hydrogens is 322 g/mol. The van der Waals surface area contributed by atoms with Crippen LogP contribution >= 0.6 is 11.6 Å². The van der Waals surface area contributed by atoms with Gasteiger partial charge in [-0.05, 0) is 49.1 Å². The normalized spacial score (nSPS) is 13.2. The number of ether oxygens (including phenoxy) is 1. The number of aryl methyl sites for hydroxylation is 1. The quantitative estimate of drug-likeness (QED) is 0.772. The molecule has 24 heavy (non-hydrogen) atoms. The van der Waals surface area contributed by atoms with Crippen molar-refractivity contribution in [1.29, 1.82) is 0 Å². The topological polar surface area (TPSA) is 38.3 Å². The van der Waals surface area contributed by atoms with Gasteiger partial charge in [-0.1, -0.05) is 55.8 Å². The zero-order chi connectivity index (χ0) is 17.5. The van der Waals surface area contributed by atoms with Crippen LogP contribution in [0.25, 0.3) is 0 Å². The highest BCUT2D eigenvalue weighted by molar-refractivity contribution is 6.30. The van der Waals surface area contributed by atoms with E-state index in [-0.39, 0.29) is 11.9 Å². The van der Waals surface area contributed by atoms with Crippen molar-refractivity contribution in [1.82, 2.24) is 5.32 Å². The van der Waals surface area contributed by atoms with E-state index < -0.39 is 6.10 Å². The van der Waals surface area contributed by atoms with Crippen molar-refractivity contribution >= 4 is 17.5 Å². The summed E-state index contributed by atoms with van der Waals surface area (Å²) in [6.45, 7) is 6.03. The first kappa shape index (κ1) is 18.3. The number of rotatable bonds is 7. The third-order valence-electron chi connectivity index (χ3n) is 3.98. The molecule has 0 aliphatic rings. The molecule has 0 fully saturated rings. The maximum atomic E-state index is 12.5. The molecule has 2 rings (SSSR count). The fourth-order valence-corrected chi connectivity index (χ4v) is 2.64. The van der Waals surface area contributed by atoms with Crippen LogP contribution in [0.5, 0.6) is 5.75 Å². The molecule has 0 unspecified atom stereocenters. The van der Waals surface area contributed by atoms with Crippen molar-refractivity contribution in [3.63, 3.8) is 0 Å². The molecule has 2 atom stereocenters. The first-order valence-corrected chi connectivity index (χ1v) is 8.72. The van der Waals surface area contributed by atoms with Crippen LogP contribution in [0.1, 0.15) is 44.4 Å². The Morgan fingerprint density at radius 2 is 1.88 bits per heavy atom. The monoisotopic (exact) mass is 345 g/mol. The van der Waals surface area contributed by atoms with Crippen LogP contribution in [0.4, 0.5) is 0 Å². The molecule has 2 aromatic carbocycles. The summed E-state index contributed by atoms with van der Waals surface area (Å²) in [6, 6.07) is 15.3. The molecule has 0 bridgehead atoms. The van der Waals surface area contributed by atoms with Gasteiger partial charge in [-0.25, -0.2) is 0 Å². The summed E-state index contributed by atoms with van der Waals surface area (Å²) in [4.78, 5) is 12.5. The minimum Gasteiger partial charge on any atom is -0.481 e. The average Bonchev–Trinajstić information content (AvgIpc) is 2.59. The lowest BCUT2D eigenvalue weighted by Crippen LogP contribution is -2.39. The summed E-state index contributed by atoms with van der Waals surface area (Å²) in [6.07, 6.45) is 1.05. The lowest BCUT2D eigenvalue weighted by Gasteiger charge is -2.21. The molecule has 0 heterocycles. The second-order valence-corrected chi connectivity index (χ2v) is 6.23. The van der Waals surface area contributed by atoms with Crippen molar-refractivity contribution in [2.75, 3.05) is 0 Å². The lowest BCUT2D eigenvalue weighted by molar-refractivity contribution is -0.128. The second-order valence-electron chi connectivity index (χ2n) is 5.80. The van der Waals surface area contributed by atoms with Gasteiger partial charge in [-0.3, -0.25) is 4.79 Å². The Bertz CT molecular complexity index is 670. The predicted octanol–water partition coefficient (Wildman–Crippen LogP) is 4.94. The van der Waals surface area contributed by atoms with Gasteiger partial charge in [0.25, 0.3) is 5.91 Å². The molecular formula is C20H24ClNO2. The highest BCUT2D eigenvalue weighted by Crippen LogP contribution is 2.20. The van der Waals surface area contributed by atoms with Crippen LogP contribution < -0.4 is 10.1 Å². The Morgan fingerprint density at radius 1 is 1.17 bits per heavy atom. The van der Waals surface area contributed by atoms with Crippen LogP contribution in [-0.2, 0) is 11.2 Å². The average molecular weight is 346 g/mol. The van der Waals surface area contributed by atoms with Crippen molar-refractivity contribution in [3.8, 4) is 5.75 Å². The number of amides is 1. The van der Waals surface area contributed by atoms with Gasteiger partial charge in [0.05, 0.1) is 6.04 Å². The summed E-state index contributed by atoms with van der Waals surface area (Å²) in [5.41, 5.74) is 2.37. The van der Waals surface area contributed by atoms with Gasteiger partial charge in [0.15, 0.2) is 6.10 Å². The van der Waals surface area contributed by atoms with Crippen molar-refractivity contribution < 1.29 is 9.53 Å². The molecule has 128 valence electrons. The molecule has 0 saturated heterocycles. The molecule has 2 aromatic rings. The predicted molar refractivity (Wildman–Crippen MR) is 98.5 cm³/mol. The zero-order valence-electron chi connectivity index (χ0n) is 14.4. The van der Waals surface area contributed by atoms with E-state index in [4.69, 9.17) is 16.3 Å². The second kappa shape index (κ2) is 8.74. The summed E-state index contributed by atoms with van der Waals surface area (Å²) in [5.74, 6) is 0.481. The van der Waals surface area contributed by atoms with Gasteiger partial charge >= 0.3 is 0 Å². The number of carbonyl (C=O) groups is 1. The van der Waals surface area contributed by atoms with E-state index in [1.807, 2.05) is 13.8 Å². The van der Waals surface area contributed by atoms with E-state index in [0.29, 0.717) is 17.2 Å². The van der Waals surface area contributed by atoms with Crippen LogP contribution in [0.3, 0.4) is 0 Å². The molecule has 0 aliphatic carbocycles. The van der Waals surface area contributed by atoms with E-state index in [0.717, 1.165) is 12.0 Å². The Balaban J connectivity index is 1.99. The van der Waals surface area contributed by atoms with Gasteiger partial charge < -0.3 is 10.1 Å². The maximum absolute atomic E-state index is 12.5. The van der Waals surface area contributed by atoms with Crippen LogP contribution in [0, 0.1) is 0 Å². The molecule has 4 heteroatoms. The number of halogens is 1. The van der Waals surface area contributed by atoms with Gasteiger partial charge in [0, 0.05) is 5.02 Å². The number of carbonyl (C=O) groups excluding carboxylic acids is 1. The summed E-state index contributed by atoms with van der Waals surface area (Å²) < 4.78 is 5.78. The zero-order valence-corrected chi connectivity index (χ0v) is 15.1. The van der Waals surface area contributed by atoms with E-state index in [2.05, 4.69) is 36.5 Å². The van der Waals surface area contributed by atoms with E-state index in [1.54, 1.807) is 24.3 Å². The highest BCUT2D eigenvalue weighted by atomic mass is 35.5. The first-order chi connectivity index (χ1) is 11.5. The molecule has 1 N–H and O–H groups in total. The Hall–Kier alpha value is -2.00. The number of hydrogen-bond donors (Lipinski definition) is 1. The lowest BCUT2D eigenvalue weighted by atomic mass is 10.0. The minimum atomic E-state index is -0.541. The van der Waals surface area contributed by atoms with Gasteiger partial charge in [-0.2, -0.15) is 0 Å². The number of hydrogen-bond acceptors (Lipinski definition) is 2. The van der Waals surface area contributed by atoms with Crippen molar-refractivity contribution in [2.24, 2.45) is 0 Å². The molecule has 0 spiro atoms. The largest absolute Gasteiger partial charge is 0.481 e. The summed E-state index contributed by atoms with van der Waals surface area (Å²) in [5, 5.41) is 3.61. The SMILES string of the molecule is CCc1ccc([C@@H](C)NC(=O)[C@@H](CC)Oc2cccc(Cl)c2)cc1. The molecule has 0 saturated carbocycles. The molecule has 0 radical (unpaired) electrons.